The van der Waals surface area contributed by atoms with Gasteiger partial charge in [0.25, 0.3) is 0 Å². The van der Waals surface area contributed by atoms with Crippen molar-refractivity contribution in [2.24, 2.45) is 0 Å². The first-order valence-electron chi connectivity index (χ1n) is 6.64. The largest absolute Gasteiger partial charge is 0.365 e. The van der Waals surface area contributed by atoms with Crippen LogP contribution in [0.2, 0.25) is 0 Å². The van der Waals surface area contributed by atoms with E-state index in [9.17, 15) is 8.78 Å². The number of imidazole rings is 1. The zero-order chi connectivity index (χ0) is 13.9. The van der Waals surface area contributed by atoms with E-state index in [1.54, 1.807) is 17.3 Å². The molecule has 2 heterocycles. The minimum absolute atomic E-state index is 0.0785. The number of halogens is 2. The van der Waals surface area contributed by atoms with E-state index < -0.39 is 11.6 Å². The number of H-pyrrole nitrogens is 1. The molecule has 1 aliphatic rings. The molecule has 1 aliphatic heterocycles. The fourth-order valence-electron chi connectivity index (χ4n) is 2.56. The van der Waals surface area contributed by atoms with Gasteiger partial charge in [0.2, 0.25) is 0 Å². The van der Waals surface area contributed by atoms with Gasteiger partial charge in [-0.3, -0.25) is 0 Å². The predicted molar refractivity (Wildman–Crippen MR) is 72.4 cm³/mol. The third-order valence-electron chi connectivity index (χ3n) is 3.56. The molecule has 1 atom stereocenters. The van der Waals surface area contributed by atoms with Crippen molar-refractivity contribution < 1.29 is 8.78 Å². The summed E-state index contributed by atoms with van der Waals surface area (Å²) in [7, 11) is 0. The number of anilines is 1. The summed E-state index contributed by atoms with van der Waals surface area (Å²) >= 11 is 0. The minimum Gasteiger partial charge on any atom is -0.365 e. The lowest BCUT2D eigenvalue weighted by atomic mass is 10.2. The van der Waals surface area contributed by atoms with E-state index in [4.69, 9.17) is 0 Å². The Morgan fingerprint density at radius 3 is 2.85 bits per heavy atom. The van der Waals surface area contributed by atoms with Crippen LogP contribution in [0.4, 0.5) is 14.5 Å². The molecule has 2 aromatic rings. The highest BCUT2D eigenvalue weighted by atomic mass is 19.1. The molecule has 0 amide bonds. The number of nitrogens with zero attached hydrogens (tertiary/aromatic N) is 2. The maximum absolute atomic E-state index is 13.7. The Hall–Kier alpha value is -1.95. The zero-order valence-electron chi connectivity index (χ0n) is 10.9. The Morgan fingerprint density at radius 2 is 2.15 bits per heavy atom. The quantitative estimate of drug-likeness (QED) is 0.899. The number of benzene rings is 1. The smallest absolute Gasteiger partial charge is 0.149 e. The Balaban J connectivity index is 1.62. The van der Waals surface area contributed by atoms with E-state index in [0.29, 0.717) is 19.6 Å². The van der Waals surface area contributed by atoms with Crippen molar-refractivity contribution in [3.63, 3.8) is 0 Å². The molecule has 3 rings (SSSR count). The molecule has 1 saturated heterocycles. The molecule has 20 heavy (non-hydrogen) atoms. The van der Waals surface area contributed by atoms with Gasteiger partial charge in [0.1, 0.15) is 23.1 Å². The molecular formula is C14H16F2N4. The molecule has 1 fully saturated rings. The molecule has 6 heteroatoms. The highest BCUT2D eigenvalue weighted by Gasteiger charge is 2.26. The van der Waals surface area contributed by atoms with Crippen LogP contribution in [-0.2, 0) is 6.54 Å². The summed E-state index contributed by atoms with van der Waals surface area (Å²) < 4.78 is 27.4. The van der Waals surface area contributed by atoms with Gasteiger partial charge >= 0.3 is 0 Å². The number of aromatic nitrogens is 2. The van der Waals surface area contributed by atoms with Gasteiger partial charge in [-0.25, -0.2) is 13.8 Å². The maximum atomic E-state index is 13.7. The van der Waals surface area contributed by atoms with Crippen LogP contribution in [0, 0.1) is 11.6 Å². The summed E-state index contributed by atoms with van der Waals surface area (Å²) in [4.78, 5) is 8.90. The van der Waals surface area contributed by atoms with Gasteiger partial charge in [-0.2, -0.15) is 0 Å². The number of nitrogens with one attached hydrogen (secondary N) is 2. The van der Waals surface area contributed by atoms with Gasteiger partial charge in [0.05, 0.1) is 6.54 Å². The fraction of sp³-hybridized carbons (Fsp3) is 0.357. The summed E-state index contributed by atoms with van der Waals surface area (Å²) in [6, 6.07) is 4.18. The molecule has 1 aromatic heterocycles. The normalized spacial score (nSPS) is 18.7. The number of hydrogen-bond donors (Lipinski definition) is 2. The number of para-hydroxylation sites is 1. The Kier molecular flexibility index (Phi) is 3.64. The Bertz CT molecular complexity index is 550. The average Bonchev–Trinajstić information content (AvgIpc) is 3.07. The molecule has 0 unspecified atom stereocenters. The van der Waals surface area contributed by atoms with Crippen LogP contribution in [-0.4, -0.2) is 29.1 Å². The SMILES string of the molecule is Fc1cccc(F)c1N1CC[C@H](NCc2ncc[nH]2)C1. The van der Waals surface area contributed by atoms with Crippen LogP contribution in [0.5, 0.6) is 0 Å². The van der Waals surface area contributed by atoms with E-state index in [1.165, 1.54) is 18.2 Å². The molecule has 106 valence electrons. The molecular weight excluding hydrogens is 262 g/mol. The van der Waals surface area contributed by atoms with Crippen LogP contribution >= 0.6 is 0 Å². The number of aromatic amines is 1. The molecule has 0 saturated carbocycles. The molecule has 4 nitrogen and oxygen atoms in total. The van der Waals surface area contributed by atoms with E-state index in [1.807, 2.05) is 0 Å². The molecule has 1 aromatic carbocycles. The van der Waals surface area contributed by atoms with Crippen LogP contribution in [0.25, 0.3) is 0 Å². The Labute approximate surface area is 115 Å². The first-order valence-corrected chi connectivity index (χ1v) is 6.64. The molecule has 0 bridgehead atoms. The van der Waals surface area contributed by atoms with E-state index >= 15 is 0 Å². The second-order valence-electron chi connectivity index (χ2n) is 4.92. The summed E-state index contributed by atoms with van der Waals surface area (Å²) in [6.45, 7) is 1.87. The molecule has 0 radical (unpaired) electrons. The van der Waals surface area contributed by atoms with Crippen molar-refractivity contribution in [2.45, 2.75) is 19.0 Å². The second-order valence-corrected chi connectivity index (χ2v) is 4.92. The lowest BCUT2D eigenvalue weighted by molar-refractivity contribution is 0.537. The highest BCUT2D eigenvalue weighted by Crippen LogP contribution is 2.26. The van der Waals surface area contributed by atoms with Gasteiger partial charge in [0, 0.05) is 31.5 Å². The number of rotatable bonds is 4. The second kappa shape index (κ2) is 5.58. The maximum Gasteiger partial charge on any atom is 0.149 e. The van der Waals surface area contributed by atoms with E-state index in [-0.39, 0.29) is 11.7 Å². The summed E-state index contributed by atoms with van der Waals surface area (Å²) in [5.41, 5.74) is 0.0785. The number of hydrogen-bond acceptors (Lipinski definition) is 3. The monoisotopic (exact) mass is 278 g/mol. The van der Waals surface area contributed by atoms with Crippen molar-refractivity contribution >= 4 is 5.69 Å². The van der Waals surface area contributed by atoms with Gasteiger partial charge in [0.15, 0.2) is 0 Å². The van der Waals surface area contributed by atoms with Gasteiger partial charge in [-0.1, -0.05) is 6.07 Å². The van der Waals surface area contributed by atoms with Crippen LogP contribution < -0.4 is 10.2 Å². The van der Waals surface area contributed by atoms with Gasteiger partial charge < -0.3 is 15.2 Å². The molecule has 0 aliphatic carbocycles. The summed E-state index contributed by atoms with van der Waals surface area (Å²) in [6.07, 6.45) is 4.33. The third kappa shape index (κ3) is 2.65. The van der Waals surface area contributed by atoms with Crippen LogP contribution in [0.1, 0.15) is 12.2 Å². The minimum atomic E-state index is -0.503. The van der Waals surface area contributed by atoms with Crippen molar-refractivity contribution in [1.29, 1.82) is 0 Å². The van der Waals surface area contributed by atoms with Crippen molar-refractivity contribution in [2.75, 3.05) is 18.0 Å². The zero-order valence-corrected chi connectivity index (χ0v) is 10.9. The van der Waals surface area contributed by atoms with Crippen LogP contribution in [0.3, 0.4) is 0 Å². The third-order valence-corrected chi connectivity index (χ3v) is 3.56. The first-order chi connectivity index (χ1) is 9.74. The molecule has 0 spiro atoms. The van der Waals surface area contributed by atoms with Gasteiger partial charge in [-0.15, -0.1) is 0 Å². The van der Waals surface area contributed by atoms with Crippen LogP contribution in [0.15, 0.2) is 30.6 Å². The highest BCUT2D eigenvalue weighted by molar-refractivity contribution is 5.50. The van der Waals surface area contributed by atoms with E-state index in [2.05, 4.69) is 15.3 Å². The lowest BCUT2D eigenvalue weighted by Gasteiger charge is -2.20. The Morgan fingerprint density at radius 1 is 1.35 bits per heavy atom. The first kappa shape index (κ1) is 13.1. The van der Waals surface area contributed by atoms with E-state index in [0.717, 1.165) is 12.2 Å². The van der Waals surface area contributed by atoms with Crippen molar-refractivity contribution in [3.8, 4) is 0 Å². The standard InChI is InChI=1S/C14H16F2N4/c15-11-2-1-3-12(16)14(11)20-7-4-10(9-20)19-8-13-17-5-6-18-13/h1-3,5-6,10,19H,4,7-9H2,(H,17,18)/t10-/m0/s1. The fourth-order valence-corrected chi connectivity index (χ4v) is 2.56. The van der Waals surface area contributed by atoms with Crippen molar-refractivity contribution in [3.05, 3.63) is 48.1 Å². The topological polar surface area (TPSA) is 44.0 Å². The molecule has 2 N–H and O–H groups in total. The average molecular weight is 278 g/mol. The van der Waals surface area contributed by atoms with Crippen molar-refractivity contribution in [1.82, 2.24) is 15.3 Å². The van der Waals surface area contributed by atoms with Gasteiger partial charge in [-0.05, 0) is 18.6 Å². The lowest BCUT2D eigenvalue weighted by Crippen LogP contribution is -2.32. The summed E-state index contributed by atoms with van der Waals surface area (Å²) in [5.74, 6) is -0.145. The summed E-state index contributed by atoms with van der Waals surface area (Å²) in [5, 5.41) is 3.34. The predicted octanol–water partition coefficient (Wildman–Crippen LogP) is 2.06.